The summed E-state index contributed by atoms with van der Waals surface area (Å²) in [5.41, 5.74) is 0. The van der Waals surface area contributed by atoms with Gasteiger partial charge in [-0.2, -0.15) is 0 Å². The average Bonchev–Trinajstić information content (AvgIpc) is 2.52. The Balaban J connectivity index is 4.94. The van der Waals surface area contributed by atoms with Gasteiger partial charge in [0.2, 0.25) is 0 Å². The standard InChI is InChI=1S/C19H36O4Si/c1-5-7-14-24(15-8-6-2,16-10-9-11-17(3)4)23-19(22)13-12-18(20)21/h12-13,17H,5-11,14-16H2,1-4H3,(H,20,21)/b13-12-. The van der Waals surface area contributed by atoms with Crippen LogP contribution >= 0.6 is 0 Å². The highest BCUT2D eigenvalue weighted by atomic mass is 28.4. The van der Waals surface area contributed by atoms with Gasteiger partial charge in [0, 0.05) is 12.2 Å². The molecule has 140 valence electrons. The summed E-state index contributed by atoms with van der Waals surface area (Å²) in [6.45, 7) is 8.78. The van der Waals surface area contributed by atoms with E-state index in [4.69, 9.17) is 9.53 Å². The van der Waals surface area contributed by atoms with Crippen molar-refractivity contribution in [2.75, 3.05) is 0 Å². The smallest absolute Gasteiger partial charge is 0.328 e. The van der Waals surface area contributed by atoms with Gasteiger partial charge in [-0.15, -0.1) is 0 Å². The van der Waals surface area contributed by atoms with Crippen LogP contribution in [0.1, 0.15) is 72.6 Å². The van der Waals surface area contributed by atoms with Crippen LogP contribution in [0.15, 0.2) is 12.2 Å². The summed E-state index contributed by atoms with van der Waals surface area (Å²) in [6, 6.07) is 3.00. The van der Waals surface area contributed by atoms with Gasteiger partial charge in [0.15, 0.2) is 0 Å². The van der Waals surface area contributed by atoms with E-state index in [-0.39, 0.29) is 0 Å². The van der Waals surface area contributed by atoms with Gasteiger partial charge in [0.1, 0.15) is 0 Å². The average molecular weight is 357 g/mol. The second kappa shape index (κ2) is 13.2. The summed E-state index contributed by atoms with van der Waals surface area (Å²) < 4.78 is 5.95. The topological polar surface area (TPSA) is 63.6 Å². The van der Waals surface area contributed by atoms with Crippen LogP contribution in [0.25, 0.3) is 0 Å². The molecule has 0 amide bonds. The number of aliphatic carboxylic acids is 1. The van der Waals surface area contributed by atoms with Crippen LogP contribution in [0.2, 0.25) is 18.1 Å². The van der Waals surface area contributed by atoms with E-state index < -0.39 is 20.3 Å². The van der Waals surface area contributed by atoms with Gasteiger partial charge in [-0.05, 0) is 24.1 Å². The minimum atomic E-state index is -2.14. The molecule has 0 aliphatic heterocycles. The zero-order valence-electron chi connectivity index (χ0n) is 16.0. The number of hydrogen-bond acceptors (Lipinski definition) is 3. The molecule has 0 fully saturated rings. The van der Waals surface area contributed by atoms with E-state index in [9.17, 15) is 9.59 Å². The largest absolute Gasteiger partial charge is 0.516 e. The van der Waals surface area contributed by atoms with Crippen LogP contribution in [0.3, 0.4) is 0 Å². The number of carbonyl (C=O) groups is 2. The van der Waals surface area contributed by atoms with E-state index >= 15 is 0 Å². The van der Waals surface area contributed by atoms with Crippen molar-refractivity contribution in [1.29, 1.82) is 0 Å². The van der Waals surface area contributed by atoms with Gasteiger partial charge in [-0.3, -0.25) is 0 Å². The predicted octanol–water partition coefficient (Wildman–Crippen LogP) is 5.54. The normalized spacial score (nSPS) is 12.0. The SMILES string of the molecule is CCCC[Si](CCCC)(CCCCC(C)C)OC(=O)/C=C\C(=O)O. The second-order valence-electron chi connectivity index (χ2n) is 7.12. The minimum absolute atomic E-state index is 0.472. The molecule has 0 atom stereocenters. The number of carboxylic acids is 1. The zero-order chi connectivity index (χ0) is 18.4. The molecule has 0 aromatic carbocycles. The van der Waals surface area contributed by atoms with Crippen LogP contribution in [0.4, 0.5) is 0 Å². The molecular weight excluding hydrogens is 320 g/mol. The molecular formula is C19H36O4Si. The lowest BCUT2D eigenvalue weighted by molar-refractivity contribution is -0.133. The number of carboxylic acid groups (broad SMARTS) is 1. The van der Waals surface area contributed by atoms with Gasteiger partial charge in [-0.1, -0.05) is 72.6 Å². The summed E-state index contributed by atoms with van der Waals surface area (Å²) in [4.78, 5) is 22.7. The molecule has 0 aliphatic rings. The van der Waals surface area contributed by atoms with Crippen LogP contribution in [-0.2, 0) is 14.0 Å². The van der Waals surface area contributed by atoms with Crippen molar-refractivity contribution < 1.29 is 19.1 Å². The molecule has 0 saturated carbocycles. The molecule has 0 aromatic rings. The Hall–Kier alpha value is -1.10. The molecule has 4 nitrogen and oxygen atoms in total. The molecule has 0 spiro atoms. The Morgan fingerprint density at radius 3 is 1.96 bits per heavy atom. The summed E-state index contributed by atoms with van der Waals surface area (Å²) in [6.07, 6.45) is 9.77. The first-order valence-corrected chi connectivity index (χ1v) is 12.0. The first-order chi connectivity index (χ1) is 11.3. The van der Waals surface area contributed by atoms with Crippen molar-refractivity contribution in [3.63, 3.8) is 0 Å². The molecule has 0 aliphatic carbocycles. The molecule has 1 N–H and O–H groups in total. The van der Waals surface area contributed by atoms with Gasteiger partial charge in [-0.25, -0.2) is 9.59 Å². The first-order valence-electron chi connectivity index (χ1n) is 9.49. The molecule has 0 heterocycles. The summed E-state index contributed by atoms with van der Waals surface area (Å²) in [5.74, 6) is -0.883. The zero-order valence-corrected chi connectivity index (χ0v) is 17.0. The molecule has 0 saturated heterocycles. The number of carbonyl (C=O) groups excluding carboxylic acids is 1. The highest BCUT2D eigenvalue weighted by Gasteiger charge is 2.36. The van der Waals surface area contributed by atoms with Crippen molar-refractivity contribution in [1.82, 2.24) is 0 Å². The first kappa shape index (κ1) is 22.9. The van der Waals surface area contributed by atoms with Gasteiger partial charge in [0.25, 0.3) is 8.32 Å². The summed E-state index contributed by atoms with van der Waals surface area (Å²) in [5, 5.41) is 8.69. The monoisotopic (exact) mass is 356 g/mol. The van der Waals surface area contributed by atoms with E-state index in [1.807, 2.05) is 0 Å². The van der Waals surface area contributed by atoms with Gasteiger partial charge in [0.05, 0.1) is 0 Å². The predicted molar refractivity (Wildman–Crippen MR) is 102 cm³/mol. The maximum Gasteiger partial charge on any atom is 0.328 e. The van der Waals surface area contributed by atoms with Crippen LogP contribution in [0.5, 0.6) is 0 Å². The van der Waals surface area contributed by atoms with Crippen molar-refractivity contribution >= 4 is 20.3 Å². The minimum Gasteiger partial charge on any atom is -0.516 e. The van der Waals surface area contributed by atoms with Crippen molar-refractivity contribution in [2.24, 2.45) is 5.92 Å². The highest BCUT2D eigenvalue weighted by Crippen LogP contribution is 2.30. The van der Waals surface area contributed by atoms with Crippen molar-refractivity contribution in [3.05, 3.63) is 12.2 Å². The van der Waals surface area contributed by atoms with Crippen LogP contribution in [0, 0.1) is 5.92 Å². The highest BCUT2D eigenvalue weighted by molar-refractivity contribution is 6.75. The van der Waals surface area contributed by atoms with E-state index in [1.54, 1.807) is 0 Å². The van der Waals surface area contributed by atoms with Gasteiger partial charge >= 0.3 is 11.9 Å². The van der Waals surface area contributed by atoms with E-state index in [0.717, 1.165) is 62.4 Å². The quantitative estimate of drug-likeness (QED) is 0.252. The Kier molecular flexibility index (Phi) is 12.6. The molecule has 0 rings (SSSR count). The fourth-order valence-electron chi connectivity index (χ4n) is 2.91. The van der Waals surface area contributed by atoms with Crippen molar-refractivity contribution in [2.45, 2.75) is 90.8 Å². The Bertz CT molecular complexity index is 383. The van der Waals surface area contributed by atoms with E-state index in [0.29, 0.717) is 5.92 Å². The van der Waals surface area contributed by atoms with E-state index in [2.05, 4.69) is 27.7 Å². The Labute approximate surface area is 148 Å². The number of hydrogen-bond donors (Lipinski definition) is 1. The number of unbranched alkanes of at least 4 members (excludes halogenated alkanes) is 3. The molecule has 0 aromatic heterocycles. The van der Waals surface area contributed by atoms with Crippen molar-refractivity contribution in [3.8, 4) is 0 Å². The number of rotatable bonds is 14. The molecule has 0 unspecified atom stereocenters. The van der Waals surface area contributed by atoms with E-state index in [1.165, 1.54) is 12.8 Å². The Morgan fingerprint density at radius 1 is 0.958 bits per heavy atom. The summed E-state index contributed by atoms with van der Waals surface area (Å²) >= 11 is 0. The van der Waals surface area contributed by atoms with Crippen LogP contribution in [-0.4, -0.2) is 25.4 Å². The lowest BCUT2D eigenvalue weighted by Crippen LogP contribution is -2.40. The third-order valence-corrected chi connectivity index (χ3v) is 8.74. The van der Waals surface area contributed by atoms with Crippen LogP contribution < -0.4 is 0 Å². The third-order valence-electron chi connectivity index (χ3n) is 4.31. The second-order valence-corrected chi connectivity index (χ2v) is 11.2. The lowest BCUT2D eigenvalue weighted by Gasteiger charge is -2.31. The maximum atomic E-state index is 12.1. The third kappa shape index (κ3) is 11.4. The Morgan fingerprint density at radius 2 is 1.50 bits per heavy atom. The fourth-order valence-corrected chi connectivity index (χ4v) is 7.35. The molecule has 24 heavy (non-hydrogen) atoms. The molecule has 0 bridgehead atoms. The molecule has 0 radical (unpaired) electrons. The maximum absolute atomic E-state index is 12.1. The van der Waals surface area contributed by atoms with Gasteiger partial charge < -0.3 is 9.53 Å². The lowest BCUT2D eigenvalue weighted by atomic mass is 10.1. The fraction of sp³-hybridized carbons (Fsp3) is 0.789. The summed E-state index contributed by atoms with van der Waals surface area (Å²) in [7, 11) is -2.14. The molecule has 5 heteroatoms.